The smallest absolute Gasteiger partial charge is 0.0540 e. The predicted molar refractivity (Wildman–Crippen MR) is 77.0 cm³/mol. The number of rotatable bonds is 6. The summed E-state index contributed by atoms with van der Waals surface area (Å²) in [6.45, 7) is 5.28. The molecule has 0 amide bonds. The van der Waals surface area contributed by atoms with Crippen LogP contribution in [0, 0.1) is 6.92 Å². The number of hydrogen-bond acceptors (Lipinski definition) is 3. The molecule has 2 aromatic rings. The Labute approximate surface area is 113 Å². The molecule has 4 heteroatoms. The minimum Gasteiger partial charge on any atom is -0.310 e. The quantitative estimate of drug-likeness (QED) is 0.868. The van der Waals surface area contributed by atoms with E-state index in [4.69, 9.17) is 0 Å². The first-order chi connectivity index (χ1) is 8.72. The maximum atomic E-state index is 4.34. The summed E-state index contributed by atoms with van der Waals surface area (Å²) in [7, 11) is 2.00. The molecule has 2 heterocycles. The first-order valence-electron chi connectivity index (χ1n) is 6.45. The lowest BCUT2D eigenvalue weighted by molar-refractivity contribution is 0.512. The van der Waals surface area contributed by atoms with Crippen molar-refractivity contribution in [1.29, 1.82) is 0 Å². The number of hydrogen-bond donors (Lipinski definition) is 1. The van der Waals surface area contributed by atoms with Gasteiger partial charge in [-0.1, -0.05) is 6.92 Å². The van der Waals surface area contributed by atoms with Gasteiger partial charge >= 0.3 is 0 Å². The van der Waals surface area contributed by atoms with Gasteiger partial charge in [-0.25, -0.2) is 0 Å². The topological polar surface area (TPSA) is 29.9 Å². The summed E-state index contributed by atoms with van der Waals surface area (Å²) < 4.78 is 1.95. The molecule has 0 saturated heterocycles. The summed E-state index contributed by atoms with van der Waals surface area (Å²) in [6, 6.07) is 2.62. The molecule has 2 aromatic heterocycles. The molecule has 0 aliphatic rings. The van der Waals surface area contributed by atoms with Gasteiger partial charge in [-0.15, -0.1) is 0 Å². The first-order valence-corrected chi connectivity index (χ1v) is 7.39. The standard InChI is InChI=1S/C14H21N3S/c1-4-15-14(6-5-12-7-8-18-10-12)13-9-16-17(3)11(13)2/h7-10,14-15H,4-6H2,1-3H3. The number of nitrogens with one attached hydrogen (secondary N) is 1. The third-order valence-corrected chi connectivity index (χ3v) is 4.13. The normalized spacial score (nSPS) is 12.8. The molecule has 0 fully saturated rings. The summed E-state index contributed by atoms with van der Waals surface area (Å²) >= 11 is 1.77. The van der Waals surface area contributed by atoms with Crippen molar-refractivity contribution >= 4 is 11.3 Å². The molecule has 0 radical (unpaired) electrons. The molecule has 0 aromatic carbocycles. The zero-order valence-corrected chi connectivity index (χ0v) is 12.1. The average molecular weight is 263 g/mol. The van der Waals surface area contributed by atoms with Crippen LogP contribution in [0.5, 0.6) is 0 Å². The SMILES string of the molecule is CCNC(CCc1ccsc1)c1cnn(C)c1C. The highest BCUT2D eigenvalue weighted by Crippen LogP contribution is 2.22. The fraction of sp³-hybridized carbons (Fsp3) is 0.500. The number of nitrogens with zero attached hydrogens (tertiary/aromatic N) is 2. The summed E-state index contributed by atoms with van der Waals surface area (Å²) in [6.07, 6.45) is 4.24. The summed E-state index contributed by atoms with van der Waals surface area (Å²) in [5.41, 5.74) is 4.02. The molecule has 1 atom stereocenters. The fourth-order valence-electron chi connectivity index (χ4n) is 2.22. The second-order valence-electron chi connectivity index (χ2n) is 4.59. The Morgan fingerprint density at radius 2 is 2.33 bits per heavy atom. The van der Waals surface area contributed by atoms with Crippen molar-refractivity contribution < 1.29 is 0 Å². The van der Waals surface area contributed by atoms with Gasteiger partial charge in [-0.2, -0.15) is 16.4 Å². The maximum absolute atomic E-state index is 4.34. The van der Waals surface area contributed by atoms with E-state index in [-0.39, 0.29) is 0 Å². The predicted octanol–water partition coefficient (Wildman–Crippen LogP) is 3.07. The number of aryl methyl sites for hydroxylation is 2. The van der Waals surface area contributed by atoms with Crippen LogP contribution in [-0.2, 0) is 13.5 Å². The van der Waals surface area contributed by atoms with Crippen LogP contribution in [-0.4, -0.2) is 16.3 Å². The highest BCUT2D eigenvalue weighted by molar-refractivity contribution is 7.07. The molecule has 0 aliphatic heterocycles. The molecule has 0 bridgehead atoms. The van der Waals surface area contributed by atoms with Gasteiger partial charge in [0.05, 0.1) is 6.20 Å². The molecular weight excluding hydrogens is 242 g/mol. The van der Waals surface area contributed by atoms with E-state index in [2.05, 4.69) is 41.1 Å². The Bertz CT molecular complexity index is 473. The van der Waals surface area contributed by atoms with Gasteiger partial charge in [-0.05, 0) is 48.7 Å². The van der Waals surface area contributed by atoms with Gasteiger partial charge in [0.15, 0.2) is 0 Å². The van der Waals surface area contributed by atoms with Crippen LogP contribution in [0.15, 0.2) is 23.0 Å². The van der Waals surface area contributed by atoms with Crippen molar-refractivity contribution in [1.82, 2.24) is 15.1 Å². The van der Waals surface area contributed by atoms with Gasteiger partial charge < -0.3 is 5.32 Å². The molecule has 0 saturated carbocycles. The Kier molecular flexibility index (Phi) is 4.55. The van der Waals surface area contributed by atoms with Gasteiger partial charge in [0.2, 0.25) is 0 Å². The lowest BCUT2D eigenvalue weighted by Crippen LogP contribution is -2.22. The molecule has 1 unspecified atom stereocenters. The van der Waals surface area contributed by atoms with Gasteiger partial charge in [0.1, 0.15) is 0 Å². The van der Waals surface area contributed by atoms with Crippen molar-refractivity contribution in [3.05, 3.63) is 39.8 Å². The highest BCUT2D eigenvalue weighted by Gasteiger charge is 2.15. The first kappa shape index (κ1) is 13.3. The summed E-state index contributed by atoms with van der Waals surface area (Å²) in [5, 5.41) is 12.3. The second kappa shape index (κ2) is 6.16. The van der Waals surface area contributed by atoms with Crippen molar-refractivity contribution in [2.45, 2.75) is 32.7 Å². The molecule has 2 rings (SSSR count). The van der Waals surface area contributed by atoms with Crippen molar-refractivity contribution in [2.75, 3.05) is 6.54 Å². The Morgan fingerprint density at radius 1 is 1.50 bits per heavy atom. The van der Waals surface area contributed by atoms with Crippen LogP contribution < -0.4 is 5.32 Å². The average Bonchev–Trinajstić information content (AvgIpc) is 2.98. The molecule has 0 aliphatic carbocycles. The van der Waals surface area contributed by atoms with E-state index >= 15 is 0 Å². The number of thiophene rings is 1. The van der Waals surface area contributed by atoms with Crippen LogP contribution in [0.25, 0.3) is 0 Å². The van der Waals surface area contributed by atoms with Crippen LogP contribution in [0.3, 0.4) is 0 Å². The van der Waals surface area contributed by atoms with Crippen LogP contribution in [0.4, 0.5) is 0 Å². The molecular formula is C14H21N3S. The van der Waals surface area contributed by atoms with E-state index in [0.717, 1.165) is 19.4 Å². The van der Waals surface area contributed by atoms with E-state index in [1.54, 1.807) is 11.3 Å². The number of aromatic nitrogens is 2. The maximum Gasteiger partial charge on any atom is 0.0540 e. The van der Waals surface area contributed by atoms with E-state index in [1.807, 2.05) is 17.9 Å². The van der Waals surface area contributed by atoms with Crippen LogP contribution >= 0.6 is 11.3 Å². The van der Waals surface area contributed by atoms with Gasteiger partial charge in [0, 0.05) is 24.3 Å². The second-order valence-corrected chi connectivity index (χ2v) is 5.37. The van der Waals surface area contributed by atoms with E-state index in [9.17, 15) is 0 Å². The minimum atomic E-state index is 0.406. The molecule has 0 spiro atoms. The third-order valence-electron chi connectivity index (χ3n) is 3.40. The van der Waals surface area contributed by atoms with Gasteiger partial charge in [-0.3, -0.25) is 4.68 Å². The van der Waals surface area contributed by atoms with E-state index in [0.29, 0.717) is 6.04 Å². The monoisotopic (exact) mass is 263 g/mol. The largest absolute Gasteiger partial charge is 0.310 e. The molecule has 3 nitrogen and oxygen atoms in total. The molecule has 18 heavy (non-hydrogen) atoms. The Morgan fingerprint density at radius 3 is 2.89 bits per heavy atom. The summed E-state index contributed by atoms with van der Waals surface area (Å²) in [5.74, 6) is 0. The van der Waals surface area contributed by atoms with Gasteiger partial charge in [0.25, 0.3) is 0 Å². The van der Waals surface area contributed by atoms with Crippen molar-refractivity contribution in [3.63, 3.8) is 0 Å². The highest BCUT2D eigenvalue weighted by atomic mass is 32.1. The molecule has 98 valence electrons. The lowest BCUT2D eigenvalue weighted by atomic mass is 10.0. The minimum absolute atomic E-state index is 0.406. The van der Waals surface area contributed by atoms with Crippen LogP contribution in [0.1, 0.15) is 36.2 Å². The van der Waals surface area contributed by atoms with Crippen molar-refractivity contribution in [3.8, 4) is 0 Å². The Hall–Kier alpha value is -1.13. The van der Waals surface area contributed by atoms with Crippen molar-refractivity contribution in [2.24, 2.45) is 7.05 Å². The van der Waals surface area contributed by atoms with E-state index < -0.39 is 0 Å². The fourth-order valence-corrected chi connectivity index (χ4v) is 2.92. The lowest BCUT2D eigenvalue weighted by Gasteiger charge is -2.17. The van der Waals surface area contributed by atoms with Crippen LogP contribution in [0.2, 0.25) is 0 Å². The zero-order valence-electron chi connectivity index (χ0n) is 11.3. The summed E-state index contributed by atoms with van der Waals surface area (Å²) in [4.78, 5) is 0. The van der Waals surface area contributed by atoms with E-state index in [1.165, 1.54) is 16.8 Å². The third kappa shape index (κ3) is 3.00. The zero-order chi connectivity index (χ0) is 13.0. The Balaban J connectivity index is 2.06. The molecule has 1 N–H and O–H groups in total.